The Hall–Kier alpha value is -1.35. The molecule has 1 aliphatic rings. The van der Waals surface area contributed by atoms with Crippen molar-refractivity contribution in [2.24, 2.45) is 5.73 Å². The fourth-order valence-corrected chi connectivity index (χ4v) is 3.09. The van der Waals surface area contributed by atoms with Crippen LogP contribution in [0.25, 0.3) is 0 Å². The molecule has 1 fully saturated rings. The van der Waals surface area contributed by atoms with Gasteiger partial charge in [0.05, 0.1) is 0 Å². The molecular weight excluding hydrogens is 248 g/mol. The van der Waals surface area contributed by atoms with Gasteiger partial charge in [-0.3, -0.25) is 4.79 Å². The number of hydrogen-bond acceptors (Lipinski definition) is 2. The molecule has 0 aromatic heterocycles. The van der Waals surface area contributed by atoms with Gasteiger partial charge < -0.3 is 10.6 Å². The maximum absolute atomic E-state index is 12.4. The molecule has 0 radical (unpaired) electrons. The number of benzene rings is 1. The first-order valence-electron chi connectivity index (χ1n) is 7.79. The minimum atomic E-state index is 0.289. The Bertz CT molecular complexity index is 410. The minimum absolute atomic E-state index is 0.289. The lowest BCUT2D eigenvalue weighted by molar-refractivity contribution is -0.134. The zero-order valence-corrected chi connectivity index (χ0v) is 12.4. The van der Waals surface area contributed by atoms with Crippen molar-refractivity contribution >= 4 is 5.91 Å². The molecule has 1 aliphatic carbocycles. The second kappa shape index (κ2) is 7.44. The van der Waals surface area contributed by atoms with Gasteiger partial charge in [0.1, 0.15) is 0 Å². The third-order valence-electron chi connectivity index (χ3n) is 4.31. The summed E-state index contributed by atoms with van der Waals surface area (Å²) in [7, 11) is 0. The monoisotopic (exact) mass is 274 g/mol. The lowest BCUT2D eigenvalue weighted by Gasteiger charge is -2.35. The van der Waals surface area contributed by atoms with Gasteiger partial charge in [0.2, 0.25) is 5.91 Å². The second-order valence-corrected chi connectivity index (χ2v) is 5.73. The molecule has 0 saturated heterocycles. The van der Waals surface area contributed by atoms with Gasteiger partial charge in [0, 0.05) is 25.0 Å². The van der Waals surface area contributed by atoms with E-state index in [9.17, 15) is 4.79 Å². The van der Waals surface area contributed by atoms with Crippen LogP contribution in [0, 0.1) is 0 Å². The number of nitrogens with zero attached hydrogens (tertiary/aromatic N) is 1. The number of aryl methyl sites for hydroxylation is 1. The maximum atomic E-state index is 12.4. The molecule has 0 bridgehead atoms. The van der Waals surface area contributed by atoms with Crippen molar-refractivity contribution in [2.45, 2.75) is 57.5 Å². The zero-order chi connectivity index (χ0) is 14.4. The third kappa shape index (κ3) is 4.07. The van der Waals surface area contributed by atoms with E-state index in [1.54, 1.807) is 0 Å². The zero-order valence-electron chi connectivity index (χ0n) is 12.4. The Morgan fingerprint density at radius 1 is 1.20 bits per heavy atom. The number of amides is 1. The lowest BCUT2D eigenvalue weighted by atomic mass is 9.90. The van der Waals surface area contributed by atoms with Gasteiger partial charge in [-0.1, -0.05) is 30.3 Å². The Kier molecular flexibility index (Phi) is 5.60. The van der Waals surface area contributed by atoms with Crippen LogP contribution in [-0.2, 0) is 11.2 Å². The average Bonchev–Trinajstić information content (AvgIpc) is 2.49. The van der Waals surface area contributed by atoms with Crippen molar-refractivity contribution in [3.63, 3.8) is 0 Å². The highest BCUT2D eigenvalue weighted by Gasteiger charge is 2.26. The molecule has 3 heteroatoms. The van der Waals surface area contributed by atoms with E-state index in [-0.39, 0.29) is 5.91 Å². The van der Waals surface area contributed by atoms with E-state index in [4.69, 9.17) is 5.73 Å². The van der Waals surface area contributed by atoms with Crippen LogP contribution in [0.1, 0.15) is 44.6 Å². The Morgan fingerprint density at radius 3 is 2.45 bits per heavy atom. The third-order valence-corrected chi connectivity index (χ3v) is 4.31. The summed E-state index contributed by atoms with van der Waals surface area (Å²) in [5.74, 6) is 0.289. The molecule has 0 unspecified atom stereocenters. The quantitative estimate of drug-likeness (QED) is 0.897. The smallest absolute Gasteiger partial charge is 0.223 e. The standard InChI is InChI=1S/C17H26N2O/c1-2-19(16-11-9-15(18)10-12-16)17(20)13-8-14-6-4-3-5-7-14/h3-7,15-16H,2,8-13,18H2,1H3. The summed E-state index contributed by atoms with van der Waals surface area (Å²) in [6, 6.07) is 11.0. The van der Waals surface area contributed by atoms with Gasteiger partial charge in [0.15, 0.2) is 0 Å². The van der Waals surface area contributed by atoms with Crippen LogP contribution >= 0.6 is 0 Å². The summed E-state index contributed by atoms with van der Waals surface area (Å²) in [4.78, 5) is 14.5. The van der Waals surface area contributed by atoms with Gasteiger partial charge in [0.25, 0.3) is 0 Å². The Balaban J connectivity index is 1.86. The minimum Gasteiger partial charge on any atom is -0.340 e. The topological polar surface area (TPSA) is 46.3 Å². The van der Waals surface area contributed by atoms with Crippen molar-refractivity contribution in [1.29, 1.82) is 0 Å². The van der Waals surface area contributed by atoms with Crippen LogP contribution < -0.4 is 5.73 Å². The summed E-state index contributed by atoms with van der Waals surface area (Å²) >= 11 is 0. The molecule has 2 rings (SSSR count). The predicted molar refractivity (Wildman–Crippen MR) is 82.4 cm³/mol. The lowest BCUT2D eigenvalue weighted by Crippen LogP contribution is -2.44. The first-order valence-corrected chi connectivity index (χ1v) is 7.79. The largest absolute Gasteiger partial charge is 0.340 e. The molecule has 0 spiro atoms. The van der Waals surface area contributed by atoms with E-state index in [0.29, 0.717) is 18.5 Å². The SMILES string of the molecule is CCN(C(=O)CCc1ccccc1)C1CCC(N)CC1. The Morgan fingerprint density at radius 2 is 1.85 bits per heavy atom. The number of carbonyl (C=O) groups excluding carboxylic acids is 1. The van der Waals surface area contributed by atoms with E-state index in [1.807, 2.05) is 18.2 Å². The van der Waals surface area contributed by atoms with Crippen LogP contribution in [-0.4, -0.2) is 29.4 Å². The first-order chi connectivity index (χ1) is 9.70. The van der Waals surface area contributed by atoms with Crippen LogP contribution in [0.5, 0.6) is 0 Å². The number of carbonyl (C=O) groups is 1. The number of nitrogens with two attached hydrogens (primary N) is 1. The highest BCUT2D eigenvalue weighted by Crippen LogP contribution is 2.22. The molecule has 1 saturated carbocycles. The summed E-state index contributed by atoms with van der Waals surface area (Å²) in [6.45, 7) is 2.89. The van der Waals surface area contributed by atoms with Gasteiger partial charge >= 0.3 is 0 Å². The van der Waals surface area contributed by atoms with E-state index in [0.717, 1.165) is 38.6 Å². The van der Waals surface area contributed by atoms with Crippen molar-refractivity contribution in [1.82, 2.24) is 4.90 Å². The van der Waals surface area contributed by atoms with E-state index < -0.39 is 0 Å². The summed E-state index contributed by atoms with van der Waals surface area (Å²) in [5, 5.41) is 0. The average molecular weight is 274 g/mol. The molecule has 1 aromatic rings. The normalized spacial score (nSPS) is 22.5. The van der Waals surface area contributed by atoms with Crippen molar-refractivity contribution in [3.05, 3.63) is 35.9 Å². The van der Waals surface area contributed by atoms with E-state index >= 15 is 0 Å². The van der Waals surface area contributed by atoms with Crippen LogP contribution in [0.2, 0.25) is 0 Å². The molecule has 1 amide bonds. The van der Waals surface area contributed by atoms with Crippen LogP contribution in [0.15, 0.2) is 30.3 Å². The summed E-state index contributed by atoms with van der Waals surface area (Å²) < 4.78 is 0. The molecule has 3 nitrogen and oxygen atoms in total. The highest BCUT2D eigenvalue weighted by molar-refractivity contribution is 5.76. The molecule has 1 aromatic carbocycles. The second-order valence-electron chi connectivity index (χ2n) is 5.73. The molecular formula is C17H26N2O. The molecule has 0 aliphatic heterocycles. The fourth-order valence-electron chi connectivity index (χ4n) is 3.09. The highest BCUT2D eigenvalue weighted by atomic mass is 16.2. The summed E-state index contributed by atoms with van der Waals surface area (Å²) in [6.07, 6.45) is 5.67. The van der Waals surface area contributed by atoms with Gasteiger partial charge in [-0.15, -0.1) is 0 Å². The van der Waals surface area contributed by atoms with Crippen molar-refractivity contribution < 1.29 is 4.79 Å². The molecule has 20 heavy (non-hydrogen) atoms. The molecule has 0 atom stereocenters. The number of hydrogen-bond donors (Lipinski definition) is 1. The van der Waals surface area contributed by atoms with Gasteiger partial charge in [-0.05, 0) is 44.6 Å². The van der Waals surface area contributed by atoms with Crippen molar-refractivity contribution in [2.75, 3.05) is 6.54 Å². The molecule has 0 heterocycles. The van der Waals surface area contributed by atoms with E-state index in [1.165, 1.54) is 5.56 Å². The Labute approximate surface area is 122 Å². The van der Waals surface area contributed by atoms with Gasteiger partial charge in [-0.2, -0.15) is 0 Å². The number of rotatable bonds is 5. The molecule has 2 N–H and O–H groups in total. The van der Waals surface area contributed by atoms with Crippen LogP contribution in [0.3, 0.4) is 0 Å². The predicted octanol–water partition coefficient (Wildman–Crippen LogP) is 2.74. The van der Waals surface area contributed by atoms with E-state index in [2.05, 4.69) is 24.0 Å². The maximum Gasteiger partial charge on any atom is 0.223 e. The fraction of sp³-hybridized carbons (Fsp3) is 0.588. The molecule has 110 valence electrons. The summed E-state index contributed by atoms with van der Waals surface area (Å²) in [5.41, 5.74) is 7.18. The van der Waals surface area contributed by atoms with Crippen molar-refractivity contribution in [3.8, 4) is 0 Å². The first kappa shape index (κ1) is 15.0. The van der Waals surface area contributed by atoms with Crippen LogP contribution in [0.4, 0.5) is 0 Å². The van der Waals surface area contributed by atoms with Gasteiger partial charge in [-0.25, -0.2) is 0 Å².